The number of anilines is 1. The van der Waals surface area contributed by atoms with Crippen LogP contribution in [0.25, 0.3) is 0 Å². The van der Waals surface area contributed by atoms with Gasteiger partial charge in [0.1, 0.15) is 11.1 Å². The van der Waals surface area contributed by atoms with Crippen molar-refractivity contribution in [1.29, 1.82) is 5.26 Å². The number of rotatable bonds is 5. The van der Waals surface area contributed by atoms with Gasteiger partial charge in [-0.3, -0.25) is 4.79 Å². The summed E-state index contributed by atoms with van der Waals surface area (Å²) in [6, 6.07) is 2.09. The minimum absolute atomic E-state index is 0.283. The molecule has 0 aliphatic carbocycles. The van der Waals surface area contributed by atoms with Crippen molar-refractivity contribution in [2.24, 2.45) is 0 Å². The number of sulfonamides is 1. The number of amides is 2. The van der Waals surface area contributed by atoms with Gasteiger partial charge in [0, 0.05) is 18.5 Å². The second kappa shape index (κ2) is 8.03. The zero-order valence-electron chi connectivity index (χ0n) is 14.7. The fourth-order valence-electron chi connectivity index (χ4n) is 2.47. The van der Waals surface area contributed by atoms with E-state index in [1.807, 2.05) is 0 Å². The van der Waals surface area contributed by atoms with Crippen molar-refractivity contribution >= 4 is 38.4 Å². The second-order valence-corrected chi connectivity index (χ2v) is 8.95. The van der Waals surface area contributed by atoms with Gasteiger partial charge in [-0.2, -0.15) is 9.57 Å². The number of nitrogens with zero attached hydrogens (tertiary/aromatic N) is 3. The molecular weight excluding hydrogens is 380 g/mol. The maximum absolute atomic E-state index is 12.1. The molecule has 1 N–H and O–H groups in total. The van der Waals surface area contributed by atoms with Gasteiger partial charge in [-0.15, -0.1) is 11.3 Å². The number of ether oxygens (including phenoxy) is 1. The van der Waals surface area contributed by atoms with E-state index in [1.165, 1.54) is 18.4 Å². The Balaban J connectivity index is 2.16. The number of hydrogen-bond donors (Lipinski definition) is 1. The van der Waals surface area contributed by atoms with E-state index in [1.54, 1.807) is 11.8 Å². The molecule has 2 amide bonds. The van der Waals surface area contributed by atoms with Gasteiger partial charge in [0.15, 0.2) is 0 Å². The van der Waals surface area contributed by atoms with Crippen LogP contribution in [0.1, 0.15) is 22.9 Å². The Hall–Kier alpha value is -2.16. The standard InChI is InChI=1S/C15H20N4O5S2/c1-4-24-15(21)19-6-5-10-11(7-16)14(25-12(10)8-19)17-13(20)9-18(2)26(3,22)23/h4-6,8-9H2,1-3H3,(H,17,20). The second-order valence-electron chi connectivity index (χ2n) is 5.76. The number of thiophene rings is 1. The Bertz CT molecular complexity index is 856. The van der Waals surface area contributed by atoms with E-state index in [9.17, 15) is 23.3 Å². The summed E-state index contributed by atoms with van der Waals surface area (Å²) >= 11 is 1.22. The van der Waals surface area contributed by atoms with Gasteiger partial charge in [0.25, 0.3) is 0 Å². The molecule has 0 unspecified atom stereocenters. The van der Waals surface area contributed by atoms with Gasteiger partial charge in [-0.25, -0.2) is 13.2 Å². The fraction of sp³-hybridized carbons (Fsp3) is 0.533. The lowest BCUT2D eigenvalue weighted by Crippen LogP contribution is -2.35. The molecule has 0 bridgehead atoms. The minimum Gasteiger partial charge on any atom is -0.450 e. The van der Waals surface area contributed by atoms with Gasteiger partial charge >= 0.3 is 6.09 Å². The smallest absolute Gasteiger partial charge is 0.410 e. The fourth-order valence-corrected chi connectivity index (χ4v) is 4.05. The topological polar surface area (TPSA) is 120 Å². The zero-order valence-corrected chi connectivity index (χ0v) is 16.4. The summed E-state index contributed by atoms with van der Waals surface area (Å²) in [5.74, 6) is -0.532. The van der Waals surface area contributed by atoms with Crippen LogP contribution >= 0.6 is 11.3 Å². The highest BCUT2D eigenvalue weighted by molar-refractivity contribution is 7.88. The minimum atomic E-state index is -3.48. The van der Waals surface area contributed by atoms with Gasteiger partial charge in [0.2, 0.25) is 15.9 Å². The molecule has 0 atom stereocenters. The van der Waals surface area contributed by atoms with E-state index in [4.69, 9.17) is 4.74 Å². The first-order valence-corrected chi connectivity index (χ1v) is 10.5. The Labute approximate surface area is 156 Å². The SMILES string of the molecule is CCOC(=O)N1CCc2c(sc(NC(=O)CN(C)S(C)(=O)=O)c2C#N)C1. The van der Waals surface area contributed by atoms with Gasteiger partial charge in [-0.05, 0) is 18.9 Å². The highest BCUT2D eigenvalue weighted by atomic mass is 32.2. The van der Waals surface area contributed by atoms with Crippen LogP contribution in [-0.4, -0.2) is 62.6 Å². The molecule has 142 valence electrons. The molecule has 0 fully saturated rings. The largest absolute Gasteiger partial charge is 0.450 e. The number of nitriles is 1. The van der Waals surface area contributed by atoms with Crippen LogP contribution in [0.2, 0.25) is 0 Å². The van der Waals surface area contributed by atoms with Crippen molar-refractivity contribution in [3.05, 3.63) is 16.0 Å². The van der Waals surface area contributed by atoms with Crippen LogP contribution in [-0.2, 0) is 32.5 Å². The Kier molecular flexibility index (Phi) is 6.22. The van der Waals surface area contributed by atoms with Crippen molar-refractivity contribution in [2.75, 3.05) is 38.3 Å². The lowest BCUT2D eigenvalue weighted by molar-refractivity contribution is -0.116. The molecule has 1 aromatic heterocycles. The molecule has 0 saturated heterocycles. The summed E-state index contributed by atoms with van der Waals surface area (Å²) in [7, 11) is -2.18. The third-order valence-corrected chi connectivity index (χ3v) is 6.27. The molecule has 0 saturated carbocycles. The number of likely N-dealkylation sites (N-methyl/N-ethyl adjacent to an activating group) is 1. The van der Waals surface area contributed by atoms with Crippen LogP contribution in [0.15, 0.2) is 0 Å². The predicted octanol–water partition coefficient (Wildman–Crippen LogP) is 0.964. The first-order chi connectivity index (χ1) is 12.2. The summed E-state index contributed by atoms with van der Waals surface area (Å²) in [4.78, 5) is 26.3. The molecule has 0 radical (unpaired) electrons. The molecule has 2 rings (SSSR count). The van der Waals surface area contributed by atoms with Crippen molar-refractivity contribution in [1.82, 2.24) is 9.21 Å². The van der Waals surface area contributed by atoms with E-state index < -0.39 is 22.0 Å². The summed E-state index contributed by atoms with van der Waals surface area (Å²) in [6.07, 6.45) is 1.09. The van der Waals surface area contributed by atoms with Gasteiger partial charge < -0.3 is 15.0 Å². The predicted molar refractivity (Wildman–Crippen MR) is 96.3 cm³/mol. The molecular formula is C15H20N4O5S2. The first-order valence-electron chi connectivity index (χ1n) is 7.84. The van der Waals surface area contributed by atoms with Crippen LogP contribution in [0.4, 0.5) is 9.80 Å². The summed E-state index contributed by atoms with van der Waals surface area (Å²) in [5.41, 5.74) is 1.17. The number of nitrogens with one attached hydrogen (secondary N) is 1. The summed E-state index contributed by atoms with van der Waals surface area (Å²) in [6.45, 7) is 2.41. The van der Waals surface area contributed by atoms with E-state index >= 15 is 0 Å². The van der Waals surface area contributed by atoms with Crippen molar-refractivity contribution in [3.63, 3.8) is 0 Å². The first kappa shape index (κ1) is 20.2. The normalized spacial score (nSPS) is 13.9. The average Bonchev–Trinajstić information content (AvgIpc) is 2.89. The highest BCUT2D eigenvalue weighted by Gasteiger charge is 2.28. The molecule has 2 heterocycles. The molecule has 11 heteroatoms. The van der Waals surface area contributed by atoms with Crippen molar-refractivity contribution < 1.29 is 22.7 Å². The summed E-state index contributed by atoms with van der Waals surface area (Å²) < 4.78 is 28.7. The Morgan fingerprint density at radius 2 is 2.15 bits per heavy atom. The van der Waals surface area contributed by atoms with E-state index in [2.05, 4.69) is 11.4 Å². The lowest BCUT2D eigenvalue weighted by Gasteiger charge is -2.25. The van der Waals surface area contributed by atoms with Crippen LogP contribution in [0, 0.1) is 11.3 Å². The number of fused-ring (bicyclic) bond motifs is 1. The van der Waals surface area contributed by atoms with E-state index in [0.717, 1.165) is 21.0 Å². The van der Waals surface area contributed by atoms with Gasteiger partial charge in [-0.1, -0.05) is 0 Å². The third-order valence-electron chi connectivity index (χ3n) is 3.88. The molecule has 1 aromatic rings. The van der Waals surface area contributed by atoms with E-state index in [-0.39, 0.29) is 13.2 Å². The quantitative estimate of drug-likeness (QED) is 0.786. The molecule has 0 spiro atoms. The Morgan fingerprint density at radius 3 is 2.73 bits per heavy atom. The maximum atomic E-state index is 12.1. The van der Waals surface area contributed by atoms with Crippen LogP contribution in [0.3, 0.4) is 0 Å². The number of carbonyl (C=O) groups is 2. The average molecular weight is 400 g/mol. The lowest BCUT2D eigenvalue weighted by atomic mass is 10.0. The van der Waals surface area contributed by atoms with Crippen molar-refractivity contribution in [3.8, 4) is 6.07 Å². The molecule has 0 aromatic carbocycles. The van der Waals surface area contributed by atoms with Crippen LogP contribution in [0.5, 0.6) is 0 Å². The molecule has 26 heavy (non-hydrogen) atoms. The van der Waals surface area contributed by atoms with Crippen LogP contribution < -0.4 is 5.32 Å². The molecule has 9 nitrogen and oxygen atoms in total. The third kappa shape index (κ3) is 4.51. The van der Waals surface area contributed by atoms with Gasteiger partial charge in [0.05, 0.1) is 31.5 Å². The molecule has 1 aliphatic rings. The maximum Gasteiger partial charge on any atom is 0.410 e. The summed E-state index contributed by atoms with van der Waals surface area (Å²) in [5, 5.41) is 12.4. The Morgan fingerprint density at radius 1 is 1.46 bits per heavy atom. The molecule has 1 aliphatic heterocycles. The van der Waals surface area contributed by atoms with E-state index in [0.29, 0.717) is 30.1 Å². The zero-order chi connectivity index (χ0) is 19.5. The number of hydrogen-bond acceptors (Lipinski definition) is 7. The van der Waals surface area contributed by atoms with Crippen molar-refractivity contribution in [2.45, 2.75) is 19.9 Å². The monoisotopic (exact) mass is 400 g/mol. The number of carbonyl (C=O) groups excluding carboxylic acids is 2. The highest BCUT2D eigenvalue weighted by Crippen LogP contribution is 2.36.